The Bertz CT molecular complexity index is 317. The van der Waals surface area contributed by atoms with Gasteiger partial charge < -0.3 is 5.32 Å². The number of aryl methyl sites for hydroxylation is 1. The molecule has 0 radical (unpaired) electrons. The molecule has 0 amide bonds. The lowest BCUT2D eigenvalue weighted by Crippen LogP contribution is -2.30. The van der Waals surface area contributed by atoms with Crippen molar-refractivity contribution in [2.45, 2.75) is 46.1 Å². The molecule has 1 aliphatic rings. The summed E-state index contributed by atoms with van der Waals surface area (Å²) in [4.78, 5) is 4.45. The van der Waals surface area contributed by atoms with Crippen molar-refractivity contribution < 1.29 is 0 Å². The lowest BCUT2D eigenvalue weighted by molar-refractivity contribution is 0.350. The quantitative estimate of drug-likeness (QED) is 0.808. The molecule has 1 fully saturated rings. The molecule has 0 spiro atoms. The van der Waals surface area contributed by atoms with E-state index in [1.165, 1.54) is 19.3 Å². The third-order valence-electron chi connectivity index (χ3n) is 3.17. The average molecular weight is 210 g/mol. The van der Waals surface area contributed by atoms with Gasteiger partial charge in [0.15, 0.2) is 5.13 Å². The summed E-state index contributed by atoms with van der Waals surface area (Å²) >= 11 is 1.71. The van der Waals surface area contributed by atoms with Crippen LogP contribution in [-0.4, -0.2) is 11.0 Å². The largest absolute Gasteiger partial charge is 0.358 e. The molecular weight excluding hydrogens is 192 g/mol. The molecular formula is C11H18N2S. The second-order valence-corrected chi connectivity index (χ2v) is 5.73. The third kappa shape index (κ3) is 1.92. The Balaban J connectivity index is 2.04. The van der Waals surface area contributed by atoms with E-state index in [1.807, 2.05) is 6.92 Å². The zero-order chi connectivity index (χ0) is 10.2. The zero-order valence-corrected chi connectivity index (χ0v) is 9.95. The maximum Gasteiger partial charge on any atom is 0.183 e. The first-order chi connectivity index (χ1) is 6.58. The number of hydrogen-bond donors (Lipinski definition) is 1. The highest BCUT2D eigenvalue weighted by Gasteiger charge is 2.34. The fourth-order valence-electron chi connectivity index (χ4n) is 2.16. The van der Waals surface area contributed by atoms with Crippen LogP contribution < -0.4 is 5.32 Å². The van der Waals surface area contributed by atoms with Gasteiger partial charge in [0, 0.05) is 11.4 Å². The fraction of sp³-hybridized carbons (Fsp3) is 0.727. The topological polar surface area (TPSA) is 24.9 Å². The summed E-state index contributed by atoms with van der Waals surface area (Å²) < 4.78 is 0. The number of aromatic nitrogens is 1. The van der Waals surface area contributed by atoms with E-state index in [1.54, 1.807) is 11.3 Å². The molecule has 1 aliphatic carbocycles. The van der Waals surface area contributed by atoms with Crippen LogP contribution in [0.2, 0.25) is 0 Å². The van der Waals surface area contributed by atoms with Crippen molar-refractivity contribution in [3.05, 3.63) is 11.1 Å². The van der Waals surface area contributed by atoms with E-state index in [4.69, 9.17) is 0 Å². The highest BCUT2D eigenvalue weighted by molar-refractivity contribution is 7.13. The molecule has 14 heavy (non-hydrogen) atoms. The van der Waals surface area contributed by atoms with Gasteiger partial charge in [-0.1, -0.05) is 20.3 Å². The summed E-state index contributed by atoms with van der Waals surface area (Å²) in [5.74, 6) is 0. The molecule has 1 saturated carbocycles. The molecule has 1 N–H and O–H groups in total. The minimum absolute atomic E-state index is 0.430. The van der Waals surface area contributed by atoms with Crippen LogP contribution in [0.1, 0.15) is 38.8 Å². The lowest BCUT2D eigenvalue weighted by atomic mass is 9.87. The van der Waals surface area contributed by atoms with Gasteiger partial charge in [0.1, 0.15) is 0 Å². The predicted molar refractivity (Wildman–Crippen MR) is 61.9 cm³/mol. The summed E-state index contributed by atoms with van der Waals surface area (Å²) in [7, 11) is 0. The molecule has 78 valence electrons. The van der Waals surface area contributed by atoms with Crippen LogP contribution in [0.15, 0.2) is 5.38 Å². The molecule has 2 rings (SSSR count). The first-order valence-electron chi connectivity index (χ1n) is 5.26. The smallest absolute Gasteiger partial charge is 0.183 e. The number of nitrogens with zero attached hydrogens (tertiary/aromatic N) is 1. The van der Waals surface area contributed by atoms with Crippen molar-refractivity contribution in [2.75, 3.05) is 5.32 Å². The van der Waals surface area contributed by atoms with Crippen LogP contribution in [-0.2, 0) is 0 Å². The monoisotopic (exact) mass is 210 g/mol. The Kier molecular flexibility index (Phi) is 2.52. The number of hydrogen-bond acceptors (Lipinski definition) is 3. The van der Waals surface area contributed by atoms with Crippen LogP contribution in [0.4, 0.5) is 5.13 Å². The molecule has 0 aromatic carbocycles. The minimum Gasteiger partial charge on any atom is -0.358 e. The van der Waals surface area contributed by atoms with Crippen molar-refractivity contribution in [1.82, 2.24) is 4.98 Å². The summed E-state index contributed by atoms with van der Waals surface area (Å²) in [5.41, 5.74) is 1.55. The molecule has 1 heterocycles. The first kappa shape index (κ1) is 9.97. The standard InChI is InChI=1S/C11H18N2S/c1-8-7-14-10(12-8)13-9-5-4-6-11(9,2)3/h7,9H,4-6H2,1-3H3,(H,12,13). The summed E-state index contributed by atoms with van der Waals surface area (Å²) in [6, 6.07) is 0.605. The van der Waals surface area contributed by atoms with E-state index in [0.29, 0.717) is 11.5 Å². The molecule has 2 nitrogen and oxygen atoms in total. The van der Waals surface area contributed by atoms with Crippen molar-refractivity contribution in [2.24, 2.45) is 5.41 Å². The maximum atomic E-state index is 4.45. The van der Waals surface area contributed by atoms with E-state index in [9.17, 15) is 0 Å². The second-order valence-electron chi connectivity index (χ2n) is 4.87. The number of anilines is 1. The number of nitrogens with one attached hydrogen (secondary N) is 1. The summed E-state index contributed by atoms with van der Waals surface area (Å²) in [6.45, 7) is 6.73. The zero-order valence-electron chi connectivity index (χ0n) is 9.13. The Morgan fingerprint density at radius 3 is 2.86 bits per heavy atom. The predicted octanol–water partition coefficient (Wildman–Crippen LogP) is 3.44. The molecule has 1 unspecified atom stereocenters. The lowest BCUT2D eigenvalue weighted by Gasteiger charge is -2.27. The Hall–Kier alpha value is -0.570. The number of thiazole rings is 1. The van der Waals surface area contributed by atoms with Gasteiger partial charge in [-0.3, -0.25) is 0 Å². The summed E-state index contributed by atoms with van der Waals surface area (Å²) in [5, 5.41) is 6.75. The van der Waals surface area contributed by atoms with E-state index < -0.39 is 0 Å². The average Bonchev–Trinajstić information content (AvgIpc) is 2.61. The van der Waals surface area contributed by atoms with Gasteiger partial charge in [-0.2, -0.15) is 0 Å². The van der Waals surface area contributed by atoms with Crippen LogP contribution in [0.5, 0.6) is 0 Å². The van der Waals surface area contributed by atoms with Crippen LogP contribution in [0.3, 0.4) is 0 Å². The second kappa shape index (κ2) is 3.54. The Morgan fingerprint density at radius 1 is 1.57 bits per heavy atom. The SMILES string of the molecule is Cc1csc(NC2CCCC2(C)C)n1. The fourth-order valence-corrected chi connectivity index (χ4v) is 2.91. The highest BCUT2D eigenvalue weighted by atomic mass is 32.1. The molecule has 0 bridgehead atoms. The molecule has 1 aromatic rings. The van der Waals surface area contributed by atoms with Gasteiger partial charge in [-0.15, -0.1) is 11.3 Å². The maximum absolute atomic E-state index is 4.45. The third-order valence-corrected chi connectivity index (χ3v) is 4.07. The normalized spacial score (nSPS) is 25.2. The molecule has 0 saturated heterocycles. The van der Waals surface area contributed by atoms with Gasteiger partial charge in [0.2, 0.25) is 0 Å². The Labute approximate surface area is 89.8 Å². The van der Waals surface area contributed by atoms with Crippen molar-refractivity contribution in [1.29, 1.82) is 0 Å². The Morgan fingerprint density at radius 2 is 2.36 bits per heavy atom. The van der Waals surface area contributed by atoms with Crippen LogP contribution >= 0.6 is 11.3 Å². The van der Waals surface area contributed by atoms with Crippen LogP contribution in [0, 0.1) is 12.3 Å². The van der Waals surface area contributed by atoms with E-state index in [-0.39, 0.29) is 0 Å². The van der Waals surface area contributed by atoms with Gasteiger partial charge in [-0.05, 0) is 25.2 Å². The minimum atomic E-state index is 0.430. The van der Waals surface area contributed by atoms with Crippen molar-refractivity contribution in [3.63, 3.8) is 0 Å². The summed E-state index contributed by atoms with van der Waals surface area (Å²) in [6.07, 6.45) is 3.95. The van der Waals surface area contributed by atoms with Crippen molar-refractivity contribution in [3.8, 4) is 0 Å². The van der Waals surface area contributed by atoms with Gasteiger partial charge in [-0.25, -0.2) is 4.98 Å². The molecule has 1 atom stereocenters. The van der Waals surface area contributed by atoms with E-state index in [0.717, 1.165) is 10.8 Å². The van der Waals surface area contributed by atoms with Crippen LogP contribution in [0.25, 0.3) is 0 Å². The van der Waals surface area contributed by atoms with E-state index >= 15 is 0 Å². The highest BCUT2D eigenvalue weighted by Crippen LogP contribution is 2.39. The van der Waals surface area contributed by atoms with Crippen molar-refractivity contribution >= 4 is 16.5 Å². The molecule has 0 aliphatic heterocycles. The van der Waals surface area contributed by atoms with E-state index in [2.05, 4.69) is 29.5 Å². The number of rotatable bonds is 2. The first-order valence-corrected chi connectivity index (χ1v) is 6.14. The molecule has 1 aromatic heterocycles. The van der Waals surface area contributed by atoms with Gasteiger partial charge >= 0.3 is 0 Å². The van der Waals surface area contributed by atoms with Gasteiger partial charge in [0.05, 0.1) is 5.69 Å². The molecule has 3 heteroatoms. The van der Waals surface area contributed by atoms with Gasteiger partial charge in [0.25, 0.3) is 0 Å².